The van der Waals surface area contributed by atoms with E-state index in [0.29, 0.717) is 0 Å². The largest absolute Gasteiger partial charge is 0.618 e. The highest BCUT2D eigenvalue weighted by molar-refractivity contribution is 5.05. The topological polar surface area (TPSA) is 26.9 Å². The molecule has 2 bridgehead atoms. The van der Waals surface area contributed by atoms with Crippen LogP contribution in [-0.2, 0) is 12.8 Å². The lowest BCUT2D eigenvalue weighted by Crippen LogP contribution is -2.36. The van der Waals surface area contributed by atoms with Gasteiger partial charge in [0.15, 0.2) is 11.4 Å². The minimum absolute atomic E-state index is 0.942. The van der Waals surface area contributed by atoms with Gasteiger partial charge in [0, 0.05) is 25.0 Å². The molecule has 2 nitrogen and oxygen atoms in total. The minimum atomic E-state index is 0.942. The lowest BCUT2D eigenvalue weighted by molar-refractivity contribution is -0.622. The van der Waals surface area contributed by atoms with Crippen LogP contribution >= 0.6 is 0 Å². The summed E-state index contributed by atoms with van der Waals surface area (Å²) >= 11 is 0. The molecule has 2 rings (SSSR count). The van der Waals surface area contributed by atoms with Crippen molar-refractivity contribution in [1.29, 1.82) is 0 Å². The molecule has 0 saturated heterocycles. The van der Waals surface area contributed by atoms with Gasteiger partial charge >= 0.3 is 0 Å². The van der Waals surface area contributed by atoms with E-state index < -0.39 is 0 Å². The third-order valence-electron chi connectivity index (χ3n) is 3.21. The average Bonchev–Trinajstić information content (AvgIpc) is 2.28. The lowest BCUT2D eigenvalue weighted by Gasteiger charge is -2.08. The summed E-state index contributed by atoms with van der Waals surface area (Å²) in [7, 11) is 0. The highest BCUT2D eigenvalue weighted by Gasteiger charge is 2.11. The molecule has 15 heavy (non-hydrogen) atoms. The van der Waals surface area contributed by atoms with Gasteiger partial charge in [0.2, 0.25) is 0 Å². The van der Waals surface area contributed by atoms with E-state index in [1.165, 1.54) is 25.7 Å². The van der Waals surface area contributed by atoms with Crippen LogP contribution in [0.4, 0.5) is 0 Å². The second-order valence-corrected chi connectivity index (χ2v) is 4.42. The van der Waals surface area contributed by atoms with E-state index in [0.717, 1.165) is 41.8 Å². The molecule has 82 valence electrons. The van der Waals surface area contributed by atoms with Crippen molar-refractivity contribution in [2.45, 2.75) is 51.4 Å². The van der Waals surface area contributed by atoms with E-state index in [-0.39, 0.29) is 0 Å². The monoisotopic (exact) mass is 205 g/mol. The third-order valence-corrected chi connectivity index (χ3v) is 3.21. The van der Waals surface area contributed by atoms with Crippen LogP contribution in [0.3, 0.4) is 0 Å². The van der Waals surface area contributed by atoms with Crippen molar-refractivity contribution in [1.82, 2.24) is 0 Å². The van der Waals surface area contributed by atoms with Crippen molar-refractivity contribution in [2.24, 2.45) is 0 Å². The van der Waals surface area contributed by atoms with Gasteiger partial charge in [0.1, 0.15) is 0 Å². The predicted octanol–water partition coefficient (Wildman–Crippen LogP) is 2.76. The smallest absolute Gasteiger partial charge is 0.193 e. The summed E-state index contributed by atoms with van der Waals surface area (Å²) in [6, 6.07) is 5.96. The van der Waals surface area contributed by atoms with Gasteiger partial charge in [0.25, 0.3) is 0 Å². The third kappa shape index (κ3) is 2.71. The predicted molar refractivity (Wildman–Crippen MR) is 60.5 cm³/mol. The molecule has 0 fully saturated rings. The highest BCUT2D eigenvalue weighted by atomic mass is 16.5. The molecule has 0 atom stereocenters. The first-order valence-electron chi connectivity index (χ1n) is 6.08. The number of rotatable bonds is 0. The van der Waals surface area contributed by atoms with Crippen molar-refractivity contribution in [3.63, 3.8) is 0 Å². The van der Waals surface area contributed by atoms with E-state index >= 15 is 0 Å². The molecule has 1 aromatic heterocycles. The first kappa shape index (κ1) is 10.5. The van der Waals surface area contributed by atoms with Crippen LogP contribution < -0.4 is 4.73 Å². The molecule has 0 unspecified atom stereocenters. The summed E-state index contributed by atoms with van der Waals surface area (Å²) in [6.45, 7) is 0. The van der Waals surface area contributed by atoms with Gasteiger partial charge in [-0.2, -0.15) is 4.73 Å². The van der Waals surface area contributed by atoms with Crippen LogP contribution in [0.5, 0.6) is 0 Å². The van der Waals surface area contributed by atoms with Gasteiger partial charge in [-0.15, -0.1) is 0 Å². The number of aryl methyl sites for hydroxylation is 2. The number of nitrogens with zero attached hydrogens (tertiary/aromatic N) is 1. The zero-order valence-electron chi connectivity index (χ0n) is 9.24. The Morgan fingerprint density at radius 3 is 1.80 bits per heavy atom. The SMILES string of the molecule is [O-][n+]1c2cccc1CCCCCCCC2. The molecule has 0 amide bonds. The average molecular weight is 205 g/mol. The first-order valence-corrected chi connectivity index (χ1v) is 6.08. The molecular formula is C13H19NO. The Kier molecular flexibility index (Phi) is 3.59. The zero-order chi connectivity index (χ0) is 10.5. The van der Waals surface area contributed by atoms with Gasteiger partial charge in [-0.05, 0) is 18.9 Å². The summed E-state index contributed by atoms with van der Waals surface area (Å²) in [5.41, 5.74) is 1.91. The standard InChI is InChI=1S/C13H19NO/c15-14-12-8-5-3-1-2-4-6-9-13(14)11-7-10-12/h7,10-11H,1-6,8-9H2. The van der Waals surface area contributed by atoms with Gasteiger partial charge in [-0.25, -0.2) is 0 Å². The summed E-state index contributed by atoms with van der Waals surface area (Å²) in [5.74, 6) is 0. The van der Waals surface area contributed by atoms with Crippen molar-refractivity contribution >= 4 is 0 Å². The number of fused-ring (bicyclic) bond motifs is 2. The van der Waals surface area contributed by atoms with Crippen molar-refractivity contribution in [2.75, 3.05) is 0 Å². The van der Waals surface area contributed by atoms with Crippen LogP contribution in [0.25, 0.3) is 0 Å². The first-order chi connectivity index (χ1) is 7.38. The molecule has 2 heteroatoms. The van der Waals surface area contributed by atoms with Crippen molar-refractivity contribution in [3.05, 3.63) is 34.8 Å². The van der Waals surface area contributed by atoms with Crippen molar-refractivity contribution < 1.29 is 4.73 Å². The molecule has 1 aromatic rings. The van der Waals surface area contributed by atoms with Crippen LogP contribution in [-0.4, -0.2) is 0 Å². The van der Waals surface area contributed by atoms with Crippen LogP contribution in [0.2, 0.25) is 0 Å². The Morgan fingerprint density at radius 2 is 1.27 bits per heavy atom. The Balaban J connectivity index is 2.18. The Labute approximate surface area is 91.5 Å². The Morgan fingerprint density at radius 1 is 0.800 bits per heavy atom. The van der Waals surface area contributed by atoms with Crippen LogP contribution in [0, 0.1) is 5.21 Å². The van der Waals surface area contributed by atoms with Crippen LogP contribution in [0.15, 0.2) is 18.2 Å². The fourth-order valence-electron chi connectivity index (χ4n) is 2.28. The minimum Gasteiger partial charge on any atom is -0.618 e. The van der Waals surface area contributed by atoms with Gasteiger partial charge < -0.3 is 5.21 Å². The molecule has 0 spiro atoms. The number of hydrogen-bond acceptors (Lipinski definition) is 1. The summed E-state index contributed by atoms with van der Waals surface area (Å²) < 4.78 is 1.16. The Hall–Kier alpha value is -1.05. The van der Waals surface area contributed by atoms with E-state index in [2.05, 4.69) is 0 Å². The maximum atomic E-state index is 11.9. The summed E-state index contributed by atoms with van der Waals surface area (Å²) in [4.78, 5) is 0. The molecule has 0 radical (unpaired) electrons. The van der Waals surface area contributed by atoms with Gasteiger partial charge in [-0.3, -0.25) is 0 Å². The van der Waals surface area contributed by atoms with Crippen molar-refractivity contribution in [3.8, 4) is 0 Å². The van der Waals surface area contributed by atoms with Crippen LogP contribution in [0.1, 0.15) is 49.9 Å². The fourth-order valence-corrected chi connectivity index (χ4v) is 2.28. The highest BCUT2D eigenvalue weighted by Crippen LogP contribution is 2.12. The summed E-state index contributed by atoms with van der Waals surface area (Å²) in [5, 5.41) is 11.9. The molecule has 0 aromatic carbocycles. The van der Waals surface area contributed by atoms with Gasteiger partial charge in [-0.1, -0.05) is 25.7 Å². The second kappa shape index (κ2) is 5.15. The number of hydrogen-bond donors (Lipinski definition) is 0. The van der Waals surface area contributed by atoms with E-state index in [9.17, 15) is 5.21 Å². The van der Waals surface area contributed by atoms with Gasteiger partial charge in [0.05, 0.1) is 0 Å². The maximum absolute atomic E-state index is 11.9. The quantitative estimate of drug-likeness (QED) is 0.472. The lowest BCUT2D eigenvalue weighted by atomic mass is 10.1. The normalized spacial score (nSPS) is 18.1. The summed E-state index contributed by atoms with van der Waals surface area (Å²) in [6.07, 6.45) is 9.39. The molecular weight excluding hydrogens is 186 g/mol. The second-order valence-electron chi connectivity index (χ2n) is 4.42. The number of aromatic nitrogens is 1. The molecule has 1 aliphatic heterocycles. The molecule has 0 saturated carbocycles. The maximum Gasteiger partial charge on any atom is 0.193 e. The molecule has 0 N–H and O–H groups in total. The van der Waals surface area contributed by atoms with E-state index in [1.54, 1.807) is 0 Å². The van der Waals surface area contributed by atoms with E-state index in [1.807, 2.05) is 18.2 Å². The molecule has 2 heterocycles. The fraction of sp³-hybridized carbons (Fsp3) is 0.615. The molecule has 1 aliphatic rings. The zero-order valence-corrected chi connectivity index (χ0v) is 9.24. The van der Waals surface area contributed by atoms with E-state index in [4.69, 9.17) is 0 Å². The number of pyridine rings is 1. The molecule has 0 aliphatic carbocycles. The Bertz CT molecular complexity index is 294.